The molecule has 3 aromatic rings. The van der Waals surface area contributed by atoms with Gasteiger partial charge in [0.05, 0.1) is 23.4 Å². The lowest BCUT2D eigenvalue weighted by Gasteiger charge is -2.23. The second-order valence-electron chi connectivity index (χ2n) is 7.14. The molecule has 1 fully saturated rings. The third-order valence-corrected chi connectivity index (χ3v) is 6.01. The van der Waals surface area contributed by atoms with Gasteiger partial charge in [-0.2, -0.15) is 5.10 Å². The molecule has 4 rings (SSSR count). The van der Waals surface area contributed by atoms with Crippen LogP contribution in [0.3, 0.4) is 0 Å². The Morgan fingerprint density at radius 2 is 2.14 bits per heavy atom. The summed E-state index contributed by atoms with van der Waals surface area (Å²) in [7, 11) is 0. The third kappa shape index (κ3) is 3.86. The molecule has 1 amide bonds. The number of benzene rings is 1. The highest BCUT2D eigenvalue weighted by molar-refractivity contribution is 7.07. The van der Waals surface area contributed by atoms with Crippen LogP contribution >= 0.6 is 11.3 Å². The number of carbonyl (C=O) groups is 1. The topological polar surface area (TPSA) is 63.1 Å². The van der Waals surface area contributed by atoms with Crippen molar-refractivity contribution in [2.24, 2.45) is 0 Å². The molecule has 0 unspecified atom stereocenters. The fourth-order valence-corrected chi connectivity index (χ4v) is 4.36. The number of nitrogens with one attached hydrogen (secondary N) is 1. The fraction of sp³-hybridized carbons (Fsp3) is 0.381. The van der Waals surface area contributed by atoms with E-state index in [0.29, 0.717) is 0 Å². The molecule has 1 aromatic carbocycles. The van der Waals surface area contributed by atoms with Gasteiger partial charge in [-0.3, -0.25) is 14.4 Å². The number of aryl methyl sites for hydroxylation is 1. The fourth-order valence-electron chi connectivity index (χ4n) is 3.80. The summed E-state index contributed by atoms with van der Waals surface area (Å²) in [6.45, 7) is 6.77. The van der Waals surface area contributed by atoms with Crippen LogP contribution in [0.15, 0.2) is 41.4 Å². The maximum atomic E-state index is 12.9. The minimum Gasteiger partial charge on any atom is -0.325 e. The van der Waals surface area contributed by atoms with Gasteiger partial charge in [0.25, 0.3) is 0 Å². The molecular formula is C21H25N5OS. The van der Waals surface area contributed by atoms with Crippen molar-refractivity contribution in [2.75, 3.05) is 11.9 Å². The highest BCUT2D eigenvalue weighted by Gasteiger charge is 2.31. The van der Waals surface area contributed by atoms with Gasteiger partial charge in [-0.05, 0) is 45.4 Å². The van der Waals surface area contributed by atoms with Crippen molar-refractivity contribution in [3.63, 3.8) is 0 Å². The predicted molar refractivity (Wildman–Crippen MR) is 112 cm³/mol. The Kier molecular flexibility index (Phi) is 5.54. The molecule has 1 saturated heterocycles. The zero-order chi connectivity index (χ0) is 19.5. The summed E-state index contributed by atoms with van der Waals surface area (Å²) < 4.78 is 2.00. The molecule has 3 heterocycles. The molecule has 28 heavy (non-hydrogen) atoms. The monoisotopic (exact) mass is 395 g/mol. The van der Waals surface area contributed by atoms with E-state index in [1.54, 1.807) is 11.3 Å². The van der Waals surface area contributed by atoms with Crippen LogP contribution in [0.4, 0.5) is 5.69 Å². The Morgan fingerprint density at radius 1 is 1.32 bits per heavy atom. The Labute approximate surface area is 169 Å². The summed E-state index contributed by atoms with van der Waals surface area (Å²) in [5.74, 6) is 0.0689. The van der Waals surface area contributed by atoms with Crippen LogP contribution in [-0.2, 0) is 17.9 Å². The van der Waals surface area contributed by atoms with Gasteiger partial charge in [0.1, 0.15) is 0 Å². The predicted octanol–water partition coefficient (Wildman–Crippen LogP) is 3.94. The smallest absolute Gasteiger partial charge is 0.241 e. The maximum Gasteiger partial charge on any atom is 0.241 e. The van der Waals surface area contributed by atoms with Gasteiger partial charge in [0.2, 0.25) is 5.91 Å². The molecule has 146 valence electrons. The van der Waals surface area contributed by atoms with Crippen molar-refractivity contribution >= 4 is 22.9 Å². The summed E-state index contributed by atoms with van der Waals surface area (Å²) in [5, 5.41) is 9.53. The van der Waals surface area contributed by atoms with E-state index < -0.39 is 0 Å². The lowest BCUT2D eigenvalue weighted by Crippen LogP contribution is -2.39. The molecule has 0 radical (unpaired) electrons. The molecule has 0 saturated carbocycles. The average Bonchev–Trinajstić information content (AvgIpc) is 3.45. The van der Waals surface area contributed by atoms with Gasteiger partial charge in [0.15, 0.2) is 0 Å². The van der Waals surface area contributed by atoms with Gasteiger partial charge < -0.3 is 5.32 Å². The second-order valence-corrected chi connectivity index (χ2v) is 7.86. The van der Waals surface area contributed by atoms with E-state index in [0.717, 1.165) is 49.4 Å². The molecule has 1 aliphatic rings. The maximum absolute atomic E-state index is 12.9. The Bertz CT molecular complexity index is 932. The number of carbonyl (C=O) groups excluding carboxylic acids is 1. The van der Waals surface area contributed by atoms with Crippen molar-refractivity contribution < 1.29 is 4.79 Å². The lowest BCUT2D eigenvalue weighted by atomic mass is 10.1. The largest absolute Gasteiger partial charge is 0.325 e. The first-order valence-corrected chi connectivity index (χ1v) is 10.6. The van der Waals surface area contributed by atoms with Gasteiger partial charge in [0, 0.05) is 41.0 Å². The summed E-state index contributed by atoms with van der Waals surface area (Å²) in [5.41, 5.74) is 7.07. The molecule has 0 spiro atoms. The molecule has 6 nitrogen and oxygen atoms in total. The first-order chi connectivity index (χ1) is 13.7. The number of amides is 1. The summed E-state index contributed by atoms with van der Waals surface area (Å²) in [4.78, 5) is 19.5. The van der Waals surface area contributed by atoms with E-state index in [2.05, 4.69) is 34.1 Å². The van der Waals surface area contributed by atoms with Crippen LogP contribution < -0.4 is 5.32 Å². The first-order valence-electron chi connectivity index (χ1n) is 9.70. The summed E-state index contributed by atoms with van der Waals surface area (Å²) >= 11 is 1.58. The van der Waals surface area contributed by atoms with Crippen LogP contribution in [0.25, 0.3) is 11.3 Å². The number of likely N-dealkylation sites (tertiary alicyclic amines) is 1. The number of aromatic nitrogens is 3. The normalized spacial score (nSPS) is 17.1. The van der Waals surface area contributed by atoms with E-state index in [1.807, 2.05) is 46.0 Å². The molecular weight excluding hydrogens is 370 g/mol. The van der Waals surface area contributed by atoms with Crippen LogP contribution in [-0.4, -0.2) is 38.2 Å². The van der Waals surface area contributed by atoms with Gasteiger partial charge in [-0.1, -0.05) is 12.1 Å². The number of thiazole rings is 1. The lowest BCUT2D eigenvalue weighted by molar-refractivity contribution is -0.120. The minimum atomic E-state index is -0.0948. The van der Waals surface area contributed by atoms with Gasteiger partial charge in [-0.15, -0.1) is 11.3 Å². The van der Waals surface area contributed by atoms with Crippen molar-refractivity contribution in [1.29, 1.82) is 0 Å². The SMILES string of the molecule is CCn1ncc(CN2CCC[C@@H]2C(=O)Nc2ccc(-c3cscn3)cc2)c1C. The highest BCUT2D eigenvalue weighted by atomic mass is 32.1. The van der Waals surface area contributed by atoms with E-state index in [1.165, 1.54) is 11.3 Å². The number of nitrogens with zero attached hydrogens (tertiary/aromatic N) is 4. The Morgan fingerprint density at radius 3 is 2.82 bits per heavy atom. The third-order valence-electron chi connectivity index (χ3n) is 5.42. The first kappa shape index (κ1) is 18.8. The van der Waals surface area contributed by atoms with Crippen molar-refractivity contribution in [2.45, 2.75) is 45.8 Å². The Hall–Kier alpha value is -2.51. The molecule has 0 aliphatic carbocycles. The minimum absolute atomic E-state index is 0.0689. The van der Waals surface area contributed by atoms with E-state index >= 15 is 0 Å². The zero-order valence-corrected chi connectivity index (χ0v) is 17.1. The number of anilines is 1. The standard InChI is InChI=1S/C21H25N5OS/c1-3-26-15(2)17(11-23-26)12-25-10-4-5-20(25)21(27)24-18-8-6-16(7-9-18)19-13-28-14-22-19/h6-9,11,13-14,20H,3-5,10,12H2,1-2H3,(H,24,27)/t20-/m1/s1. The van der Waals surface area contributed by atoms with Crippen molar-refractivity contribution in [3.05, 3.63) is 52.6 Å². The van der Waals surface area contributed by atoms with Crippen molar-refractivity contribution in [3.8, 4) is 11.3 Å². The quantitative estimate of drug-likeness (QED) is 0.687. The van der Waals surface area contributed by atoms with Crippen LogP contribution in [0.2, 0.25) is 0 Å². The molecule has 1 atom stereocenters. The number of hydrogen-bond acceptors (Lipinski definition) is 5. The molecule has 7 heteroatoms. The highest BCUT2D eigenvalue weighted by Crippen LogP contribution is 2.24. The van der Waals surface area contributed by atoms with Crippen LogP contribution in [0.1, 0.15) is 31.0 Å². The van der Waals surface area contributed by atoms with Gasteiger partial charge >= 0.3 is 0 Å². The summed E-state index contributed by atoms with van der Waals surface area (Å²) in [6, 6.07) is 7.80. The van der Waals surface area contributed by atoms with E-state index in [4.69, 9.17) is 0 Å². The van der Waals surface area contributed by atoms with Crippen LogP contribution in [0, 0.1) is 6.92 Å². The molecule has 1 N–H and O–H groups in total. The van der Waals surface area contributed by atoms with Crippen molar-refractivity contribution in [1.82, 2.24) is 19.7 Å². The average molecular weight is 396 g/mol. The Balaban J connectivity index is 1.41. The van der Waals surface area contributed by atoms with E-state index in [-0.39, 0.29) is 11.9 Å². The van der Waals surface area contributed by atoms with Gasteiger partial charge in [-0.25, -0.2) is 4.98 Å². The zero-order valence-electron chi connectivity index (χ0n) is 16.3. The number of rotatable bonds is 6. The molecule has 1 aliphatic heterocycles. The van der Waals surface area contributed by atoms with Crippen LogP contribution in [0.5, 0.6) is 0 Å². The number of hydrogen-bond donors (Lipinski definition) is 1. The van der Waals surface area contributed by atoms with E-state index in [9.17, 15) is 4.79 Å². The second kappa shape index (κ2) is 8.24. The molecule has 2 aromatic heterocycles. The molecule has 0 bridgehead atoms. The summed E-state index contributed by atoms with van der Waals surface area (Å²) in [6.07, 6.45) is 3.87.